The van der Waals surface area contributed by atoms with Crippen molar-refractivity contribution in [2.45, 2.75) is 31.9 Å². The van der Waals surface area contributed by atoms with Crippen LogP contribution in [0.25, 0.3) is 0 Å². The number of nitriles is 1. The molecule has 1 aliphatic rings. The van der Waals surface area contributed by atoms with Crippen molar-refractivity contribution in [2.24, 2.45) is 0 Å². The third-order valence-corrected chi connectivity index (χ3v) is 3.08. The predicted molar refractivity (Wildman–Crippen MR) is 66.4 cm³/mol. The average molecular weight is 248 g/mol. The lowest BCUT2D eigenvalue weighted by Gasteiger charge is -2.10. The van der Waals surface area contributed by atoms with Gasteiger partial charge in [-0.15, -0.1) is 0 Å². The van der Waals surface area contributed by atoms with Crippen LogP contribution in [0.5, 0.6) is 0 Å². The number of nitrogens with one attached hydrogen (secondary N) is 1. The van der Waals surface area contributed by atoms with E-state index >= 15 is 0 Å². The molecule has 1 aliphatic heterocycles. The zero-order valence-electron chi connectivity index (χ0n) is 10.3. The Morgan fingerprint density at radius 2 is 2.33 bits per heavy atom. The van der Waals surface area contributed by atoms with Gasteiger partial charge < -0.3 is 10.1 Å². The van der Waals surface area contributed by atoms with Gasteiger partial charge in [-0.2, -0.15) is 5.26 Å². The lowest BCUT2D eigenvalue weighted by molar-refractivity contribution is 0.104. The van der Waals surface area contributed by atoms with Crippen molar-refractivity contribution in [1.82, 2.24) is 5.32 Å². The van der Waals surface area contributed by atoms with Crippen LogP contribution >= 0.6 is 0 Å². The average Bonchev–Trinajstić information content (AvgIpc) is 2.87. The fraction of sp³-hybridized carbons (Fsp3) is 0.500. The molecular formula is C14H17FN2O. The summed E-state index contributed by atoms with van der Waals surface area (Å²) in [5.74, 6) is -0.357. The van der Waals surface area contributed by atoms with Gasteiger partial charge in [0.15, 0.2) is 0 Å². The lowest BCUT2D eigenvalue weighted by atomic mass is 10.1. The van der Waals surface area contributed by atoms with Crippen molar-refractivity contribution in [3.05, 3.63) is 35.1 Å². The standard InChI is InChI=1S/C14H17FN2O/c15-13-7-11(9-16)6-12(8-13)10-17-4-3-14-2-1-5-18-14/h6-8,14,17H,1-5,10H2. The first kappa shape index (κ1) is 13.0. The van der Waals surface area contributed by atoms with E-state index in [4.69, 9.17) is 10.00 Å². The van der Waals surface area contributed by atoms with Gasteiger partial charge in [-0.05, 0) is 49.6 Å². The maximum absolute atomic E-state index is 13.2. The molecule has 0 amide bonds. The van der Waals surface area contributed by atoms with Crippen LogP contribution in [0, 0.1) is 17.1 Å². The molecule has 1 heterocycles. The van der Waals surface area contributed by atoms with Crippen molar-refractivity contribution in [3.63, 3.8) is 0 Å². The van der Waals surface area contributed by atoms with Gasteiger partial charge in [-0.3, -0.25) is 0 Å². The molecule has 18 heavy (non-hydrogen) atoms. The third kappa shape index (κ3) is 3.80. The molecule has 0 spiro atoms. The van der Waals surface area contributed by atoms with E-state index in [1.165, 1.54) is 12.1 Å². The molecule has 0 aliphatic carbocycles. The molecule has 0 radical (unpaired) electrons. The first-order valence-corrected chi connectivity index (χ1v) is 6.30. The molecule has 1 unspecified atom stereocenters. The molecular weight excluding hydrogens is 231 g/mol. The molecule has 3 nitrogen and oxygen atoms in total. The van der Waals surface area contributed by atoms with Gasteiger partial charge in [0.2, 0.25) is 0 Å². The van der Waals surface area contributed by atoms with Crippen molar-refractivity contribution in [3.8, 4) is 6.07 Å². The van der Waals surface area contributed by atoms with E-state index in [9.17, 15) is 4.39 Å². The summed E-state index contributed by atoms with van der Waals surface area (Å²) >= 11 is 0. The number of halogens is 1. The Labute approximate surface area is 107 Å². The highest BCUT2D eigenvalue weighted by Crippen LogP contribution is 2.14. The number of benzene rings is 1. The van der Waals surface area contributed by atoms with Gasteiger partial charge in [-0.25, -0.2) is 4.39 Å². The van der Waals surface area contributed by atoms with Gasteiger partial charge in [0.1, 0.15) is 5.82 Å². The summed E-state index contributed by atoms with van der Waals surface area (Å²) < 4.78 is 18.7. The van der Waals surface area contributed by atoms with Crippen LogP contribution in [0.3, 0.4) is 0 Å². The monoisotopic (exact) mass is 248 g/mol. The summed E-state index contributed by atoms with van der Waals surface area (Å²) in [6.07, 6.45) is 3.65. The highest BCUT2D eigenvalue weighted by Gasteiger charge is 2.14. The quantitative estimate of drug-likeness (QED) is 0.814. The summed E-state index contributed by atoms with van der Waals surface area (Å²) in [5.41, 5.74) is 1.17. The zero-order valence-corrected chi connectivity index (χ0v) is 10.3. The van der Waals surface area contributed by atoms with E-state index in [1.54, 1.807) is 6.07 Å². The van der Waals surface area contributed by atoms with Crippen molar-refractivity contribution in [2.75, 3.05) is 13.2 Å². The van der Waals surface area contributed by atoms with Gasteiger partial charge in [-0.1, -0.05) is 0 Å². The second-order valence-corrected chi connectivity index (χ2v) is 4.56. The molecule has 4 heteroatoms. The molecule has 1 N–H and O–H groups in total. The number of nitrogens with zero attached hydrogens (tertiary/aromatic N) is 1. The number of rotatable bonds is 5. The predicted octanol–water partition coefficient (Wildman–Crippen LogP) is 2.36. The van der Waals surface area contributed by atoms with Crippen LogP contribution in [0.2, 0.25) is 0 Å². The maximum Gasteiger partial charge on any atom is 0.124 e. The highest BCUT2D eigenvalue weighted by molar-refractivity contribution is 5.33. The Hall–Kier alpha value is -1.44. The molecule has 1 aromatic carbocycles. The second kappa shape index (κ2) is 6.48. The van der Waals surface area contributed by atoms with Crippen LogP contribution in [-0.2, 0) is 11.3 Å². The molecule has 1 saturated heterocycles. The van der Waals surface area contributed by atoms with Gasteiger partial charge in [0, 0.05) is 13.2 Å². The molecule has 0 saturated carbocycles. The Morgan fingerprint density at radius 3 is 3.06 bits per heavy atom. The van der Waals surface area contributed by atoms with Gasteiger partial charge in [0.25, 0.3) is 0 Å². The first-order chi connectivity index (χ1) is 8.78. The summed E-state index contributed by atoms with van der Waals surface area (Å²) in [5, 5.41) is 12.0. The Bertz CT molecular complexity index is 436. The molecule has 1 fully saturated rings. The van der Waals surface area contributed by atoms with E-state index in [0.29, 0.717) is 18.2 Å². The molecule has 1 aromatic rings. The Morgan fingerprint density at radius 1 is 1.44 bits per heavy atom. The van der Waals surface area contributed by atoms with Crippen LogP contribution in [0.15, 0.2) is 18.2 Å². The number of hydrogen-bond donors (Lipinski definition) is 1. The molecule has 1 atom stereocenters. The highest BCUT2D eigenvalue weighted by atomic mass is 19.1. The Balaban J connectivity index is 1.75. The van der Waals surface area contributed by atoms with Gasteiger partial charge >= 0.3 is 0 Å². The fourth-order valence-electron chi connectivity index (χ4n) is 2.18. The summed E-state index contributed by atoms with van der Waals surface area (Å²) in [6, 6.07) is 6.37. The molecule has 96 valence electrons. The largest absolute Gasteiger partial charge is 0.378 e. The summed E-state index contributed by atoms with van der Waals surface area (Å²) in [4.78, 5) is 0. The zero-order chi connectivity index (χ0) is 12.8. The smallest absolute Gasteiger partial charge is 0.124 e. The van der Waals surface area contributed by atoms with Crippen molar-refractivity contribution < 1.29 is 9.13 Å². The van der Waals surface area contributed by atoms with Crippen LogP contribution in [0.4, 0.5) is 4.39 Å². The fourth-order valence-corrected chi connectivity index (χ4v) is 2.18. The minimum Gasteiger partial charge on any atom is -0.378 e. The van der Waals surface area contributed by atoms with Crippen molar-refractivity contribution in [1.29, 1.82) is 5.26 Å². The normalized spacial score (nSPS) is 18.8. The topological polar surface area (TPSA) is 45.0 Å². The van der Waals surface area contributed by atoms with E-state index in [0.717, 1.165) is 38.0 Å². The van der Waals surface area contributed by atoms with E-state index in [1.807, 2.05) is 6.07 Å². The SMILES string of the molecule is N#Cc1cc(F)cc(CNCCC2CCCO2)c1. The summed E-state index contributed by atoms with van der Waals surface area (Å²) in [7, 11) is 0. The Kier molecular flexibility index (Phi) is 4.68. The van der Waals surface area contributed by atoms with Crippen LogP contribution < -0.4 is 5.32 Å². The minimum atomic E-state index is -0.357. The van der Waals surface area contributed by atoms with E-state index in [2.05, 4.69) is 5.32 Å². The number of hydrogen-bond acceptors (Lipinski definition) is 3. The summed E-state index contributed by atoms with van der Waals surface area (Å²) in [6.45, 7) is 2.31. The van der Waals surface area contributed by atoms with E-state index < -0.39 is 0 Å². The molecule has 2 rings (SSSR count). The first-order valence-electron chi connectivity index (χ1n) is 6.30. The van der Waals surface area contributed by atoms with Crippen LogP contribution in [0.1, 0.15) is 30.4 Å². The molecule has 0 aromatic heterocycles. The van der Waals surface area contributed by atoms with Crippen molar-refractivity contribution >= 4 is 0 Å². The van der Waals surface area contributed by atoms with Crippen LogP contribution in [-0.4, -0.2) is 19.3 Å². The third-order valence-electron chi connectivity index (χ3n) is 3.08. The number of ether oxygens (including phenoxy) is 1. The van der Waals surface area contributed by atoms with E-state index in [-0.39, 0.29) is 5.82 Å². The minimum absolute atomic E-state index is 0.357. The maximum atomic E-state index is 13.2. The second-order valence-electron chi connectivity index (χ2n) is 4.56. The lowest BCUT2D eigenvalue weighted by Crippen LogP contribution is -2.20. The molecule has 0 bridgehead atoms. The van der Waals surface area contributed by atoms with Gasteiger partial charge in [0.05, 0.1) is 17.7 Å².